The minimum atomic E-state index is -3.81. The van der Waals surface area contributed by atoms with Crippen molar-refractivity contribution in [3.8, 4) is 22.3 Å². The van der Waals surface area contributed by atoms with E-state index in [0.717, 1.165) is 33.3 Å². The topological polar surface area (TPSA) is 98.8 Å². The van der Waals surface area contributed by atoms with Crippen LogP contribution in [0.1, 0.15) is 5.69 Å². The van der Waals surface area contributed by atoms with Crippen LogP contribution < -0.4 is 5.14 Å². The molecule has 3 heterocycles. The number of nitrogens with two attached hydrogens (primary N) is 1. The summed E-state index contributed by atoms with van der Waals surface area (Å²) >= 11 is 0. The van der Waals surface area contributed by atoms with Gasteiger partial charge in [0.2, 0.25) is 10.0 Å². The lowest BCUT2D eigenvalue weighted by Gasteiger charge is -2.10. The van der Waals surface area contributed by atoms with E-state index in [2.05, 4.69) is 15.0 Å². The molecule has 4 rings (SSSR count). The van der Waals surface area contributed by atoms with Gasteiger partial charge in [-0.15, -0.1) is 0 Å². The predicted octanol–water partition coefficient (Wildman–Crippen LogP) is 3.31. The molecule has 1 aromatic carbocycles. The van der Waals surface area contributed by atoms with Crippen LogP contribution in [-0.2, 0) is 10.0 Å². The minimum absolute atomic E-state index is 0.0173. The van der Waals surface area contributed by atoms with Crippen molar-refractivity contribution in [2.75, 3.05) is 0 Å². The number of hydrogen-bond donors (Lipinski definition) is 1. The van der Waals surface area contributed by atoms with E-state index in [1.807, 2.05) is 43.3 Å². The van der Waals surface area contributed by atoms with Crippen molar-refractivity contribution in [2.24, 2.45) is 5.14 Å². The maximum atomic E-state index is 11.6. The second-order valence-electron chi connectivity index (χ2n) is 6.23. The molecule has 0 saturated carbocycles. The average molecular weight is 376 g/mol. The molecule has 0 unspecified atom stereocenters. The maximum absolute atomic E-state index is 11.6. The Morgan fingerprint density at radius 3 is 2.44 bits per heavy atom. The van der Waals surface area contributed by atoms with Crippen molar-refractivity contribution in [1.29, 1.82) is 0 Å². The van der Waals surface area contributed by atoms with Crippen molar-refractivity contribution in [3.05, 3.63) is 72.9 Å². The smallest absolute Gasteiger partial charge is 0.239 e. The quantitative estimate of drug-likeness (QED) is 0.591. The van der Waals surface area contributed by atoms with Gasteiger partial charge in [0.05, 0.1) is 5.52 Å². The maximum Gasteiger partial charge on any atom is 0.239 e. The highest BCUT2D eigenvalue weighted by molar-refractivity contribution is 7.89. The van der Waals surface area contributed by atoms with Crippen molar-refractivity contribution in [2.45, 2.75) is 11.8 Å². The van der Waals surface area contributed by atoms with E-state index in [1.54, 1.807) is 18.6 Å². The van der Waals surface area contributed by atoms with Gasteiger partial charge in [-0.05, 0) is 60.0 Å². The fourth-order valence-corrected chi connectivity index (χ4v) is 3.52. The zero-order valence-electron chi connectivity index (χ0n) is 14.5. The SMILES string of the molecule is Cc1cc(-c2ccnc3ccc(-c4cncc(S(N)(=O)=O)c4)cc23)ccn1. The molecule has 0 atom stereocenters. The molecule has 0 aliphatic rings. The van der Waals surface area contributed by atoms with Crippen molar-refractivity contribution >= 4 is 20.9 Å². The first-order valence-corrected chi connectivity index (χ1v) is 9.76. The highest BCUT2D eigenvalue weighted by Gasteiger charge is 2.11. The monoisotopic (exact) mass is 376 g/mol. The van der Waals surface area contributed by atoms with Gasteiger partial charge in [-0.1, -0.05) is 6.07 Å². The molecule has 134 valence electrons. The highest BCUT2D eigenvalue weighted by atomic mass is 32.2. The Hall–Kier alpha value is -3.16. The third kappa shape index (κ3) is 3.42. The van der Waals surface area contributed by atoms with Crippen LogP contribution in [0, 0.1) is 6.92 Å². The van der Waals surface area contributed by atoms with E-state index < -0.39 is 10.0 Å². The molecular formula is C20H16N4O2S. The molecule has 0 amide bonds. The summed E-state index contributed by atoms with van der Waals surface area (Å²) in [7, 11) is -3.81. The summed E-state index contributed by atoms with van der Waals surface area (Å²) in [5.74, 6) is 0. The minimum Gasteiger partial charge on any atom is -0.263 e. The van der Waals surface area contributed by atoms with Gasteiger partial charge in [-0.25, -0.2) is 13.6 Å². The lowest BCUT2D eigenvalue weighted by Crippen LogP contribution is -2.12. The van der Waals surface area contributed by atoms with E-state index in [1.165, 1.54) is 12.3 Å². The van der Waals surface area contributed by atoms with Crippen molar-refractivity contribution in [3.63, 3.8) is 0 Å². The zero-order valence-corrected chi connectivity index (χ0v) is 15.3. The molecule has 0 aliphatic heterocycles. The Bertz CT molecular complexity index is 1270. The summed E-state index contributed by atoms with van der Waals surface area (Å²) in [5, 5.41) is 6.18. The van der Waals surface area contributed by atoms with Crippen LogP contribution >= 0.6 is 0 Å². The summed E-state index contributed by atoms with van der Waals surface area (Å²) in [6, 6.07) is 13.2. The van der Waals surface area contributed by atoms with Crippen molar-refractivity contribution in [1.82, 2.24) is 15.0 Å². The standard InChI is InChI=1S/C20H16N4O2S/c1-13-8-15(4-6-23-13)18-5-7-24-20-3-2-14(10-19(18)20)16-9-17(12-22-11-16)27(21,25)26/h2-12H,1H3,(H2,21,25,26). The second-order valence-corrected chi connectivity index (χ2v) is 7.79. The summed E-state index contributed by atoms with van der Waals surface area (Å²) in [5.41, 5.74) is 5.36. The van der Waals surface area contributed by atoms with Gasteiger partial charge in [0.15, 0.2) is 0 Å². The summed E-state index contributed by atoms with van der Waals surface area (Å²) in [6.07, 6.45) is 6.41. The van der Waals surface area contributed by atoms with E-state index in [-0.39, 0.29) is 4.90 Å². The molecule has 0 saturated heterocycles. The third-order valence-electron chi connectivity index (χ3n) is 4.32. The highest BCUT2D eigenvalue weighted by Crippen LogP contribution is 2.31. The van der Waals surface area contributed by atoms with Gasteiger partial charge >= 0.3 is 0 Å². The normalized spacial score (nSPS) is 11.6. The molecule has 0 spiro atoms. The molecular weight excluding hydrogens is 360 g/mol. The van der Waals surface area contributed by atoms with Crippen LogP contribution in [0.15, 0.2) is 72.1 Å². The molecule has 0 aliphatic carbocycles. The molecule has 3 aromatic heterocycles. The molecule has 27 heavy (non-hydrogen) atoms. The molecule has 2 N–H and O–H groups in total. The summed E-state index contributed by atoms with van der Waals surface area (Å²) in [4.78, 5) is 12.7. The zero-order chi connectivity index (χ0) is 19.0. The Balaban J connectivity index is 1.91. The number of primary sulfonamides is 1. The number of rotatable bonds is 3. The van der Waals surface area contributed by atoms with Crippen LogP contribution in [0.5, 0.6) is 0 Å². The number of nitrogens with zero attached hydrogens (tertiary/aromatic N) is 3. The third-order valence-corrected chi connectivity index (χ3v) is 5.20. The van der Waals surface area contributed by atoms with E-state index in [0.29, 0.717) is 5.56 Å². The van der Waals surface area contributed by atoms with Gasteiger partial charge < -0.3 is 0 Å². The van der Waals surface area contributed by atoms with Gasteiger partial charge in [0.25, 0.3) is 0 Å². The largest absolute Gasteiger partial charge is 0.263 e. The summed E-state index contributed by atoms with van der Waals surface area (Å²) in [6.45, 7) is 1.95. The van der Waals surface area contributed by atoms with E-state index in [4.69, 9.17) is 5.14 Å². The first-order chi connectivity index (χ1) is 12.9. The van der Waals surface area contributed by atoms with Crippen LogP contribution in [0.3, 0.4) is 0 Å². The Kier molecular flexibility index (Phi) is 4.18. The lowest BCUT2D eigenvalue weighted by atomic mass is 9.98. The molecule has 0 fully saturated rings. The Morgan fingerprint density at radius 2 is 1.67 bits per heavy atom. The first-order valence-electron chi connectivity index (χ1n) is 8.22. The number of benzene rings is 1. The average Bonchev–Trinajstić information content (AvgIpc) is 2.66. The first kappa shape index (κ1) is 17.3. The van der Waals surface area contributed by atoms with Gasteiger partial charge in [-0.3, -0.25) is 15.0 Å². The van der Waals surface area contributed by atoms with Gasteiger partial charge in [0, 0.05) is 41.4 Å². The number of aryl methyl sites for hydroxylation is 1. The molecule has 7 heteroatoms. The van der Waals surface area contributed by atoms with Crippen LogP contribution in [0.4, 0.5) is 0 Å². The van der Waals surface area contributed by atoms with Crippen LogP contribution in [-0.4, -0.2) is 23.4 Å². The van der Waals surface area contributed by atoms with Crippen LogP contribution in [0.25, 0.3) is 33.2 Å². The number of aromatic nitrogens is 3. The Morgan fingerprint density at radius 1 is 0.852 bits per heavy atom. The lowest BCUT2D eigenvalue weighted by molar-refractivity contribution is 0.597. The van der Waals surface area contributed by atoms with Crippen LogP contribution in [0.2, 0.25) is 0 Å². The van der Waals surface area contributed by atoms with Gasteiger partial charge in [-0.2, -0.15) is 0 Å². The molecule has 0 radical (unpaired) electrons. The summed E-state index contributed by atoms with van der Waals surface area (Å²) < 4.78 is 23.2. The van der Waals surface area contributed by atoms with E-state index >= 15 is 0 Å². The van der Waals surface area contributed by atoms with E-state index in [9.17, 15) is 8.42 Å². The molecule has 6 nitrogen and oxygen atoms in total. The molecule has 4 aromatic rings. The molecule has 0 bridgehead atoms. The Labute approximate surface area is 156 Å². The number of hydrogen-bond acceptors (Lipinski definition) is 5. The second kappa shape index (κ2) is 6.53. The number of pyridine rings is 3. The number of fused-ring (bicyclic) bond motifs is 1. The fourth-order valence-electron chi connectivity index (χ4n) is 3.02. The van der Waals surface area contributed by atoms with Crippen molar-refractivity contribution < 1.29 is 8.42 Å². The van der Waals surface area contributed by atoms with Gasteiger partial charge in [0.1, 0.15) is 4.90 Å². The predicted molar refractivity (Wildman–Crippen MR) is 104 cm³/mol. The fraction of sp³-hybridized carbons (Fsp3) is 0.0500. The number of sulfonamides is 1.